The number of nitrogens with zero attached hydrogens (tertiary/aromatic N) is 2. The largest absolute Gasteiger partial charge is 0.466 e. The highest BCUT2D eigenvalue weighted by molar-refractivity contribution is 7.98. The first kappa shape index (κ1) is 20.1. The first-order valence-electron chi connectivity index (χ1n) is 8.82. The Balaban J connectivity index is 1.68. The van der Waals surface area contributed by atoms with Crippen molar-refractivity contribution < 1.29 is 9.53 Å². The summed E-state index contributed by atoms with van der Waals surface area (Å²) in [5, 5.41) is 6.78. The first-order chi connectivity index (χ1) is 13.7. The van der Waals surface area contributed by atoms with Crippen LogP contribution in [0, 0.1) is 0 Å². The zero-order valence-electron chi connectivity index (χ0n) is 15.7. The Morgan fingerprint density at radius 3 is 2.79 bits per heavy atom. The van der Waals surface area contributed by atoms with Gasteiger partial charge < -0.3 is 4.74 Å². The minimum atomic E-state index is -0.274. The van der Waals surface area contributed by atoms with Crippen LogP contribution in [0.4, 0.5) is 5.13 Å². The summed E-state index contributed by atoms with van der Waals surface area (Å²) in [6.07, 6.45) is 4.02. The number of esters is 1. The second-order valence-electron chi connectivity index (χ2n) is 5.81. The molecule has 0 aliphatic rings. The van der Waals surface area contributed by atoms with Crippen molar-refractivity contribution >= 4 is 40.4 Å². The molecule has 144 valence electrons. The van der Waals surface area contributed by atoms with Crippen LogP contribution in [0.5, 0.6) is 0 Å². The number of rotatable bonds is 8. The van der Waals surface area contributed by atoms with Crippen LogP contribution in [-0.2, 0) is 16.0 Å². The number of thioether (sulfide) groups is 1. The monoisotopic (exact) mass is 411 g/mol. The highest BCUT2D eigenvalue weighted by Gasteiger charge is 2.08. The van der Waals surface area contributed by atoms with Crippen molar-refractivity contribution in [2.75, 3.05) is 18.3 Å². The number of anilines is 1. The number of ether oxygens (including phenoxy) is 1. The first-order valence-corrected chi connectivity index (χ1v) is 10.9. The number of hydrogen-bond acceptors (Lipinski definition) is 7. The quantitative estimate of drug-likeness (QED) is 0.242. The summed E-state index contributed by atoms with van der Waals surface area (Å²) in [5.41, 5.74) is 6.88. The third-order valence-corrected chi connectivity index (χ3v) is 5.45. The summed E-state index contributed by atoms with van der Waals surface area (Å²) in [4.78, 5) is 17.1. The summed E-state index contributed by atoms with van der Waals surface area (Å²) in [7, 11) is 0. The average Bonchev–Trinajstić information content (AvgIpc) is 3.16. The number of carbonyl (C=O) groups is 1. The van der Waals surface area contributed by atoms with Gasteiger partial charge in [0, 0.05) is 15.8 Å². The van der Waals surface area contributed by atoms with Crippen LogP contribution in [0.2, 0.25) is 0 Å². The molecule has 0 spiro atoms. The molecule has 0 aliphatic heterocycles. The van der Waals surface area contributed by atoms with Crippen LogP contribution in [0.3, 0.4) is 0 Å². The molecule has 1 aromatic heterocycles. The second kappa shape index (κ2) is 10.1. The summed E-state index contributed by atoms with van der Waals surface area (Å²) < 4.78 is 4.94. The topological polar surface area (TPSA) is 63.6 Å². The van der Waals surface area contributed by atoms with E-state index >= 15 is 0 Å². The number of benzene rings is 2. The van der Waals surface area contributed by atoms with Gasteiger partial charge in [0.15, 0.2) is 0 Å². The van der Waals surface area contributed by atoms with E-state index in [1.54, 1.807) is 24.9 Å². The van der Waals surface area contributed by atoms with Crippen LogP contribution >= 0.6 is 23.1 Å². The maximum atomic E-state index is 11.5. The van der Waals surface area contributed by atoms with E-state index in [0.29, 0.717) is 17.4 Å². The molecule has 0 amide bonds. The second-order valence-corrected chi connectivity index (χ2v) is 7.55. The minimum Gasteiger partial charge on any atom is -0.466 e. The van der Waals surface area contributed by atoms with Crippen molar-refractivity contribution in [1.82, 2.24) is 4.98 Å². The fourth-order valence-electron chi connectivity index (χ4n) is 2.60. The van der Waals surface area contributed by atoms with Crippen molar-refractivity contribution in [2.24, 2.45) is 5.10 Å². The minimum absolute atomic E-state index is 0.171. The lowest BCUT2D eigenvalue weighted by molar-refractivity contribution is -0.142. The number of hydrazone groups is 1. The van der Waals surface area contributed by atoms with Gasteiger partial charge in [-0.25, -0.2) is 4.98 Å². The fourth-order valence-corrected chi connectivity index (χ4v) is 3.67. The van der Waals surface area contributed by atoms with Crippen LogP contribution in [0.25, 0.3) is 11.1 Å². The highest BCUT2D eigenvalue weighted by atomic mass is 32.2. The number of hydrogen-bond donors (Lipinski definition) is 1. The molecule has 0 saturated carbocycles. The molecule has 0 saturated heterocycles. The zero-order valence-corrected chi connectivity index (χ0v) is 17.3. The van der Waals surface area contributed by atoms with Gasteiger partial charge in [-0.1, -0.05) is 36.4 Å². The third kappa shape index (κ3) is 5.43. The Labute approximate surface area is 172 Å². The lowest BCUT2D eigenvalue weighted by atomic mass is 10.0. The molecule has 3 rings (SSSR count). The van der Waals surface area contributed by atoms with Crippen LogP contribution in [0.15, 0.2) is 63.9 Å². The summed E-state index contributed by atoms with van der Waals surface area (Å²) in [5.74, 6) is -0.274. The van der Waals surface area contributed by atoms with Gasteiger partial charge in [-0.05, 0) is 36.4 Å². The summed E-state index contributed by atoms with van der Waals surface area (Å²) >= 11 is 3.13. The Morgan fingerprint density at radius 2 is 2.04 bits per heavy atom. The highest BCUT2D eigenvalue weighted by Crippen LogP contribution is 2.25. The van der Waals surface area contributed by atoms with Gasteiger partial charge in [0.05, 0.1) is 24.9 Å². The van der Waals surface area contributed by atoms with E-state index in [0.717, 1.165) is 16.7 Å². The smallest absolute Gasteiger partial charge is 0.311 e. The third-order valence-electron chi connectivity index (χ3n) is 3.91. The molecule has 5 nitrogen and oxygen atoms in total. The lowest BCUT2D eigenvalue weighted by Crippen LogP contribution is -2.07. The SMILES string of the molecule is CCOC(=O)Cc1csc(NN=Cc2ccccc2-c2ccc(SC)cc2)n1. The maximum absolute atomic E-state index is 11.5. The van der Waals surface area contributed by atoms with Gasteiger partial charge in [0.1, 0.15) is 0 Å². The van der Waals surface area contributed by atoms with E-state index in [9.17, 15) is 4.79 Å². The number of aromatic nitrogens is 1. The van der Waals surface area contributed by atoms with Gasteiger partial charge in [-0.3, -0.25) is 10.2 Å². The van der Waals surface area contributed by atoms with E-state index in [2.05, 4.69) is 52.1 Å². The van der Waals surface area contributed by atoms with Gasteiger partial charge in [-0.15, -0.1) is 23.1 Å². The molecular formula is C21H21N3O2S2. The molecule has 3 aromatic rings. The van der Waals surface area contributed by atoms with Crippen molar-refractivity contribution in [3.8, 4) is 11.1 Å². The van der Waals surface area contributed by atoms with Gasteiger partial charge >= 0.3 is 5.97 Å². The average molecular weight is 412 g/mol. The molecule has 0 bridgehead atoms. The Hall–Kier alpha value is -2.64. The molecule has 0 aliphatic carbocycles. The Bertz CT molecular complexity index is 952. The lowest BCUT2D eigenvalue weighted by Gasteiger charge is -2.06. The molecule has 0 atom stereocenters. The van der Waals surface area contributed by atoms with Crippen molar-refractivity contribution in [2.45, 2.75) is 18.2 Å². The van der Waals surface area contributed by atoms with Crippen molar-refractivity contribution in [1.29, 1.82) is 0 Å². The van der Waals surface area contributed by atoms with Crippen LogP contribution in [0.1, 0.15) is 18.2 Å². The maximum Gasteiger partial charge on any atom is 0.311 e. The van der Waals surface area contributed by atoms with Crippen molar-refractivity contribution in [3.05, 3.63) is 65.2 Å². The Morgan fingerprint density at radius 1 is 1.25 bits per heavy atom. The number of carbonyl (C=O) groups excluding carboxylic acids is 1. The molecule has 1 heterocycles. The fraction of sp³-hybridized carbons (Fsp3) is 0.190. The van der Waals surface area contributed by atoms with Gasteiger partial charge in [-0.2, -0.15) is 5.10 Å². The van der Waals surface area contributed by atoms with E-state index in [4.69, 9.17) is 4.74 Å². The van der Waals surface area contributed by atoms with E-state index < -0.39 is 0 Å². The molecule has 0 fully saturated rings. The molecule has 2 aromatic carbocycles. The van der Waals surface area contributed by atoms with E-state index in [1.807, 2.05) is 23.6 Å². The van der Waals surface area contributed by atoms with Gasteiger partial charge in [0.2, 0.25) is 5.13 Å². The standard InChI is InChI=1S/C21H21N3O2S2/c1-3-26-20(25)12-17-14-28-21(23-17)24-22-13-16-6-4-5-7-19(16)15-8-10-18(27-2)11-9-15/h4-11,13-14H,3,12H2,1-2H3,(H,23,24). The number of thiazole rings is 1. The molecule has 0 radical (unpaired) electrons. The van der Waals surface area contributed by atoms with Crippen LogP contribution < -0.4 is 5.43 Å². The summed E-state index contributed by atoms with van der Waals surface area (Å²) in [6.45, 7) is 2.16. The Kier molecular flexibility index (Phi) is 7.22. The normalized spacial score (nSPS) is 10.9. The zero-order chi connectivity index (χ0) is 19.8. The molecule has 0 unspecified atom stereocenters. The van der Waals surface area contributed by atoms with E-state index in [1.165, 1.54) is 16.2 Å². The summed E-state index contributed by atoms with van der Waals surface area (Å²) in [6, 6.07) is 16.6. The van der Waals surface area contributed by atoms with Crippen molar-refractivity contribution in [3.63, 3.8) is 0 Å². The predicted octanol–water partition coefficient (Wildman–Crippen LogP) is 5.08. The van der Waals surface area contributed by atoms with Gasteiger partial charge in [0.25, 0.3) is 0 Å². The van der Waals surface area contributed by atoms with Crippen LogP contribution in [-0.4, -0.2) is 30.0 Å². The molecule has 1 N–H and O–H groups in total. The number of nitrogens with one attached hydrogen (secondary N) is 1. The predicted molar refractivity (Wildman–Crippen MR) is 117 cm³/mol. The molecule has 7 heteroatoms. The van der Waals surface area contributed by atoms with E-state index in [-0.39, 0.29) is 12.4 Å². The molecule has 28 heavy (non-hydrogen) atoms. The molecular weight excluding hydrogens is 390 g/mol.